The molecule has 0 saturated carbocycles. The fraction of sp³-hybridized carbons (Fsp3) is 0.556. The van der Waals surface area contributed by atoms with E-state index in [9.17, 15) is 9.59 Å². The van der Waals surface area contributed by atoms with Crippen molar-refractivity contribution in [3.63, 3.8) is 0 Å². The molecule has 0 aliphatic carbocycles. The number of carbonyl (C=O) groups is 2. The summed E-state index contributed by atoms with van der Waals surface area (Å²) >= 11 is 0. The van der Waals surface area contributed by atoms with Crippen molar-refractivity contribution in [2.45, 2.75) is 46.1 Å². The average molecular weight is 343 g/mol. The van der Waals surface area contributed by atoms with Gasteiger partial charge in [0.15, 0.2) is 5.65 Å². The van der Waals surface area contributed by atoms with E-state index in [0.717, 1.165) is 31.5 Å². The van der Waals surface area contributed by atoms with Gasteiger partial charge in [-0.15, -0.1) is 0 Å². The van der Waals surface area contributed by atoms with Crippen LogP contribution in [-0.4, -0.2) is 44.9 Å². The van der Waals surface area contributed by atoms with Crippen LogP contribution in [0.2, 0.25) is 0 Å². The van der Waals surface area contributed by atoms with Crippen molar-refractivity contribution in [1.29, 1.82) is 0 Å². The van der Waals surface area contributed by atoms with Gasteiger partial charge in [0, 0.05) is 25.2 Å². The predicted molar refractivity (Wildman–Crippen MR) is 94.1 cm³/mol. The Hall–Kier alpha value is -2.44. The maximum absolute atomic E-state index is 12.9. The Kier molecular flexibility index (Phi) is 4.49. The molecule has 25 heavy (non-hydrogen) atoms. The first-order chi connectivity index (χ1) is 11.8. The molecule has 1 fully saturated rings. The number of nitrogens with zero attached hydrogens (tertiary/aromatic N) is 4. The zero-order chi connectivity index (χ0) is 18.2. The molecular weight excluding hydrogens is 318 g/mol. The summed E-state index contributed by atoms with van der Waals surface area (Å²) in [5.74, 6) is -0.0771. The van der Waals surface area contributed by atoms with Crippen LogP contribution in [-0.2, 0) is 4.79 Å². The second-order valence-corrected chi connectivity index (χ2v) is 7.50. The van der Waals surface area contributed by atoms with Gasteiger partial charge < -0.3 is 10.2 Å². The maximum atomic E-state index is 12.9. The molecule has 3 rings (SSSR count). The lowest BCUT2D eigenvalue weighted by Crippen LogP contribution is -2.44. The Morgan fingerprint density at radius 1 is 1.28 bits per heavy atom. The number of hydrogen-bond acceptors (Lipinski definition) is 4. The smallest absolute Gasteiger partial charge is 0.256 e. The standard InChI is InChI=1S/C18H25N5O2/c1-18(2,3)17(25)22-10-6-5-7-13(22)14-8-9-20-15-12(16(24)19-4)11-21-23(14)15/h8-9,11,13H,5-7,10H2,1-4H3,(H,19,24)/t13-/m1/s1. The average Bonchev–Trinajstić information content (AvgIpc) is 3.03. The highest BCUT2D eigenvalue weighted by Crippen LogP contribution is 2.34. The van der Waals surface area contributed by atoms with Crippen molar-refractivity contribution in [2.75, 3.05) is 13.6 Å². The van der Waals surface area contributed by atoms with Crippen molar-refractivity contribution in [3.8, 4) is 0 Å². The lowest BCUT2D eigenvalue weighted by atomic mass is 9.90. The van der Waals surface area contributed by atoms with Crippen LogP contribution in [0.3, 0.4) is 0 Å². The first kappa shape index (κ1) is 17.4. The summed E-state index contributed by atoms with van der Waals surface area (Å²) in [5, 5.41) is 6.98. The molecule has 7 heteroatoms. The molecule has 0 unspecified atom stereocenters. The highest BCUT2D eigenvalue weighted by Gasteiger charge is 2.35. The summed E-state index contributed by atoms with van der Waals surface area (Å²) in [6.45, 7) is 6.58. The molecule has 134 valence electrons. The molecule has 1 atom stereocenters. The van der Waals surface area contributed by atoms with Gasteiger partial charge in [0.25, 0.3) is 5.91 Å². The third kappa shape index (κ3) is 3.10. The van der Waals surface area contributed by atoms with Crippen LogP contribution in [0.4, 0.5) is 0 Å². The zero-order valence-electron chi connectivity index (χ0n) is 15.2. The van der Waals surface area contributed by atoms with Gasteiger partial charge in [-0.2, -0.15) is 5.10 Å². The number of piperidine rings is 1. The molecule has 2 aromatic heterocycles. The fourth-order valence-corrected chi connectivity index (χ4v) is 3.37. The van der Waals surface area contributed by atoms with Crippen LogP contribution in [0, 0.1) is 5.41 Å². The molecule has 3 heterocycles. The molecule has 1 N–H and O–H groups in total. The number of fused-ring (bicyclic) bond motifs is 1. The minimum absolute atomic E-state index is 0.0524. The van der Waals surface area contributed by atoms with Gasteiger partial charge in [-0.1, -0.05) is 20.8 Å². The molecule has 0 radical (unpaired) electrons. The number of nitrogens with one attached hydrogen (secondary N) is 1. The maximum Gasteiger partial charge on any atom is 0.256 e. The van der Waals surface area contributed by atoms with Gasteiger partial charge in [0.05, 0.1) is 17.9 Å². The van der Waals surface area contributed by atoms with Crippen molar-refractivity contribution >= 4 is 17.5 Å². The van der Waals surface area contributed by atoms with E-state index in [1.165, 1.54) is 6.20 Å². The largest absolute Gasteiger partial charge is 0.355 e. The van der Waals surface area contributed by atoms with E-state index in [1.54, 1.807) is 17.8 Å². The van der Waals surface area contributed by atoms with E-state index in [-0.39, 0.29) is 17.9 Å². The van der Waals surface area contributed by atoms with Crippen LogP contribution >= 0.6 is 0 Å². The Labute approximate surface area is 147 Å². The summed E-state index contributed by atoms with van der Waals surface area (Å²) in [6, 6.07) is 1.84. The Morgan fingerprint density at radius 2 is 2.04 bits per heavy atom. The molecule has 7 nitrogen and oxygen atoms in total. The summed E-state index contributed by atoms with van der Waals surface area (Å²) in [4.78, 5) is 31.2. The van der Waals surface area contributed by atoms with Gasteiger partial charge in [0.1, 0.15) is 5.56 Å². The minimum atomic E-state index is -0.431. The third-order valence-corrected chi connectivity index (χ3v) is 4.65. The molecule has 1 aliphatic heterocycles. The van der Waals surface area contributed by atoms with Crippen LogP contribution in [0.5, 0.6) is 0 Å². The van der Waals surface area contributed by atoms with Crippen molar-refractivity contribution in [1.82, 2.24) is 24.8 Å². The molecule has 1 saturated heterocycles. The third-order valence-electron chi connectivity index (χ3n) is 4.65. The van der Waals surface area contributed by atoms with Gasteiger partial charge in [0.2, 0.25) is 5.91 Å². The lowest BCUT2D eigenvalue weighted by molar-refractivity contribution is -0.143. The Morgan fingerprint density at radius 3 is 2.72 bits per heavy atom. The quantitative estimate of drug-likeness (QED) is 0.906. The number of likely N-dealkylation sites (tertiary alicyclic amines) is 1. The molecule has 0 bridgehead atoms. The molecule has 0 aromatic carbocycles. The molecule has 2 aromatic rings. The van der Waals surface area contributed by atoms with E-state index in [0.29, 0.717) is 11.2 Å². The Bertz CT molecular complexity index is 805. The van der Waals surface area contributed by atoms with Gasteiger partial charge >= 0.3 is 0 Å². The normalized spacial score (nSPS) is 18.4. The minimum Gasteiger partial charge on any atom is -0.355 e. The van der Waals surface area contributed by atoms with Crippen LogP contribution < -0.4 is 5.32 Å². The van der Waals surface area contributed by atoms with Crippen LogP contribution in [0.15, 0.2) is 18.5 Å². The topological polar surface area (TPSA) is 79.6 Å². The van der Waals surface area contributed by atoms with Gasteiger partial charge in [-0.25, -0.2) is 9.50 Å². The van der Waals surface area contributed by atoms with E-state index in [1.807, 2.05) is 31.7 Å². The monoisotopic (exact) mass is 343 g/mol. The fourth-order valence-electron chi connectivity index (χ4n) is 3.37. The van der Waals surface area contributed by atoms with E-state index < -0.39 is 5.41 Å². The highest BCUT2D eigenvalue weighted by atomic mass is 16.2. The van der Waals surface area contributed by atoms with Crippen LogP contribution in [0.25, 0.3) is 5.65 Å². The summed E-state index contributed by atoms with van der Waals surface area (Å²) in [7, 11) is 1.58. The number of aromatic nitrogens is 3. The predicted octanol–water partition coefficient (Wildman–Crippen LogP) is 2.19. The molecule has 1 aliphatic rings. The van der Waals surface area contributed by atoms with Gasteiger partial charge in [-0.3, -0.25) is 9.59 Å². The molecule has 2 amide bonds. The summed E-state index contributed by atoms with van der Waals surface area (Å²) in [6.07, 6.45) is 6.17. The second kappa shape index (κ2) is 6.46. The first-order valence-electron chi connectivity index (χ1n) is 8.70. The van der Waals surface area contributed by atoms with Crippen LogP contribution in [0.1, 0.15) is 62.1 Å². The summed E-state index contributed by atoms with van der Waals surface area (Å²) in [5.41, 5.74) is 1.43. The SMILES string of the molecule is CNC(=O)c1cnn2c([C@H]3CCCCN3C(=O)C(C)(C)C)ccnc12. The second-order valence-electron chi connectivity index (χ2n) is 7.50. The van der Waals surface area contributed by atoms with E-state index >= 15 is 0 Å². The van der Waals surface area contributed by atoms with Crippen molar-refractivity contribution in [2.24, 2.45) is 5.41 Å². The zero-order valence-corrected chi connectivity index (χ0v) is 15.2. The number of hydrogen-bond donors (Lipinski definition) is 1. The molecule has 0 spiro atoms. The molecular formula is C18H25N5O2. The summed E-state index contributed by atoms with van der Waals surface area (Å²) < 4.78 is 1.70. The van der Waals surface area contributed by atoms with E-state index in [2.05, 4.69) is 15.4 Å². The van der Waals surface area contributed by atoms with Gasteiger partial charge in [-0.05, 0) is 25.3 Å². The first-order valence-corrected chi connectivity index (χ1v) is 8.70. The van der Waals surface area contributed by atoms with E-state index in [4.69, 9.17) is 0 Å². The van der Waals surface area contributed by atoms with Crippen molar-refractivity contribution < 1.29 is 9.59 Å². The highest BCUT2D eigenvalue weighted by molar-refractivity contribution is 5.99. The number of amides is 2. The lowest BCUT2D eigenvalue weighted by Gasteiger charge is -2.39. The number of rotatable bonds is 2. The number of carbonyl (C=O) groups excluding carboxylic acids is 2. The Balaban J connectivity index is 2.06. The van der Waals surface area contributed by atoms with Crippen molar-refractivity contribution in [3.05, 3.63) is 29.7 Å².